The van der Waals surface area contributed by atoms with Gasteiger partial charge in [-0.15, -0.1) is 12.4 Å². The molecule has 1 fully saturated rings. The number of hydrogen-bond acceptors (Lipinski definition) is 2. The molecule has 120 valence electrons. The van der Waals surface area contributed by atoms with Crippen LogP contribution in [0.15, 0.2) is 0 Å². The minimum absolute atomic E-state index is 0. The van der Waals surface area contributed by atoms with Gasteiger partial charge in [-0.25, -0.2) is 0 Å². The van der Waals surface area contributed by atoms with Crippen molar-refractivity contribution < 1.29 is 4.79 Å². The van der Waals surface area contributed by atoms with Crippen molar-refractivity contribution in [2.75, 3.05) is 20.1 Å². The van der Waals surface area contributed by atoms with Crippen LogP contribution in [0.2, 0.25) is 0 Å². The first kappa shape index (κ1) is 19.7. The van der Waals surface area contributed by atoms with Gasteiger partial charge in [0.05, 0.1) is 0 Å². The van der Waals surface area contributed by atoms with Crippen LogP contribution in [0.3, 0.4) is 0 Å². The predicted molar refractivity (Wildman–Crippen MR) is 88.1 cm³/mol. The molecule has 1 aliphatic carbocycles. The smallest absolute Gasteiger partial charge is 0.228 e. The molecule has 0 atom stereocenters. The van der Waals surface area contributed by atoms with Gasteiger partial charge in [0.25, 0.3) is 0 Å². The number of nitrogens with zero attached hydrogens (tertiary/aromatic N) is 1. The van der Waals surface area contributed by atoms with Crippen molar-refractivity contribution in [2.45, 2.75) is 59.8 Å². The van der Waals surface area contributed by atoms with E-state index >= 15 is 0 Å². The maximum Gasteiger partial charge on any atom is 0.228 e. The first-order chi connectivity index (χ1) is 8.72. The molecule has 0 radical (unpaired) electrons. The van der Waals surface area contributed by atoms with Gasteiger partial charge in [-0.3, -0.25) is 4.79 Å². The summed E-state index contributed by atoms with van der Waals surface area (Å²) in [7, 11) is 1.94. The Morgan fingerprint density at radius 2 is 1.80 bits per heavy atom. The lowest BCUT2D eigenvalue weighted by Crippen LogP contribution is -2.46. The van der Waals surface area contributed by atoms with Crippen LogP contribution in [0, 0.1) is 16.7 Å². The fraction of sp³-hybridized carbons (Fsp3) is 0.938. The van der Waals surface area contributed by atoms with Gasteiger partial charge >= 0.3 is 0 Å². The van der Waals surface area contributed by atoms with E-state index in [0.717, 1.165) is 25.8 Å². The van der Waals surface area contributed by atoms with E-state index < -0.39 is 0 Å². The second-order valence-corrected chi connectivity index (χ2v) is 7.61. The number of carbonyl (C=O) groups is 1. The second kappa shape index (κ2) is 7.65. The Labute approximate surface area is 131 Å². The number of nitrogens with two attached hydrogens (primary N) is 1. The van der Waals surface area contributed by atoms with E-state index in [1.54, 1.807) is 0 Å². The Morgan fingerprint density at radius 1 is 1.30 bits per heavy atom. The van der Waals surface area contributed by atoms with Crippen molar-refractivity contribution in [3.05, 3.63) is 0 Å². The monoisotopic (exact) mass is 304 g/mol. The molecule has 0 aromatic heterocycles. The third-order valence-electron chi connectivity index (χ3n) is 4.38. The van der Waals surface area contributed by atoms with Crippen LogP contribution >= 0.6 is 12.4 Å². The fourth-order valence-electron chi connectivity index (χ4n) is 3.52. The van der Waals surface area contributed by atoms with Gasteiger partial charge in [-0.1, -0.05) is 40.5 Å². The summed E-state index contributed by atoms with van der Waals surface area (Å²) in [5.74, 6) is 0.929. The Kier molecular flexibility index (Phi) is 7.54. The topological polar surface area (TPSA) is 46.3 Å². The molecule has 0 aromatic carbocycles. The van der Waals surface area contributed by atoms with Crippen LogP contribution in [0.1, 0.15) is 59.8 Å². The maximum absolute atomic E-state index is 12.9. The second-order valence-electron chi connectivity index (χ2n) is 7.61. The molecule has 1 amide bonds. The lowest BCUT2D eigenvalue weighted by Gasteiger charge is -2.37. The highest BCUT2D eigenvalue weighted by atomic mass is 35.5. The Balaban J connectivity index is 0.00000361. The van der Waals surface area contributed by atoms with E-state index in [-0.39, 0.29) is 23.2 Å². The van der Waals surface area contributed by atoms with Crippen molar-refractivity contribution >= 4 is 18.3 Å². The molecular weight excluding hydrogens is 272 g/mol. The van der Waals surface area contributed by atoms with E-state index in [4.69, 9.17) is 5.73 Å². The Bertz CT molecular complexity index is 310. The van der Waals surface area contributed by atoms with Gasteiger partial charge in [0.2, 0.25) is 5.91 Å². The molecule has 2 N–H and O–H groups in total. The lowest BCUT2D eigenvalue weighted by atomic mass is 9.77. The van der Waals surface area contributed by atoms with E-state index in [2.05, 4.69) is 27.7 Å². The van der Waals surface area contributed by atoms with Crippen LogP contribution in [0.4, 0.5) is 0 Å². The van der Waals surface area contributed by atoms with E-state index in [1.165, 1.54) is 12.8 Å². The SMILES string of the molecule is CC(C)CC1(C(=O)N(C)CC(C)(C)CN)CCCC1.Cl. The highest BCUT2D eigenvalue weighted by molar-refractivity contribution is 5.85. The van der Waals surface area contributed by atoms with Crippen LogP contribution < -0.4 is 5.73 Å². The molecule has 0 bridgehead atoms. The predicted octanol–water partition coefficient (Wildman–Crippen LogP) is 3.46. The molecule has 1 aliphatic rings. The van der Waals surface area contributed by atoms with Gasteiger partial charge < -0.3 is 10.6 Å². The normalized spacial score (nSPS) is 17.9. The van der Waals surface area contributed by atoms with Crippen molar-refractivity contribution in [2.24, 2.45) is 22.5 Å². The van der Waals surface area contributed by atoms with Gasteiger partial charge in [0.1, 0.15) is 0 Å². The maximum atomic E-state index is 12.9. The summed E-state index contributed by atoms with van der Waals surface area (Å²) in [4.78, 5) is 14.8. The average Bonchev–Trinajstić information content (AvgIpc) is 2.76. The number of halogens is 1. The molecule has 0 aliphatic heterocycles. The summed E-state index contributed by atoms with van der Waals surface area (Å²) < 4.78 is 0. The zero-order chi connectivity index (χ0) is 14.7. The van der Waals surface area contributed by atoms with Crippen LogP contribution in [-0.4, -0.2) is 30.9 Å². The number of rotatable bonds is 6. The van der Waals surface area contributed by atoms with Crippen molar-refractivity contribution in [1.29, 1.82) is 0 Å². The summed E-state index contributed by atoms with van der Waals surface area (Å²) >= 11 is 0. The number of hydrogen-bond donors (Lipinski definition) is 1. The number of amides is 1. The van der Waals surface area contributed by atoms with Crippen LogP contribution in [0.25, 0.3) is 0 Å². The van der Waals surface area contributed by atoms with Gasteiger partial charge in [-0.2, -0.15) is 0 Å². The molecule has 4 heteroatoms. The summed E-state index contributed by atoms with van der Waals surface area (Å²) in [6.45, 7) is 10.1. The molecule has 0 unspecified atom stereocenters. The fourth-order valence-corrected chi connectivity index (χ4v) is 3.52. The first-order valence-corrected chi connectivity index (χ1v) is 7.68. The zero-order valence-electron chi connectivity index (χ0n) is 13.9. The van der Waals surface area contributed by atoms with Gasteiger partial charge in [0, 0.05) is 19.0 Å². The lowest BCUT2D eigenvalue weighted by molar-refractivity contribution is -0.142. The molecule has 0 spiro atoms. The molecule has 0 saturated heterocycles. The minimum atomic E-state index is -0.0897. The molecule has 3 nitrogen and oxygen atoms in total. The summed E-state index contributed by atoms with van der Waals surface area (Å²) in [6.07, 6.45) is 5.56. The molecule has 20 heavy (non-hydrogen) atoms. The van der Waals surface area contributed by atoms with Crippen LogP contribution in [-0.2, 0) is 4.79 Å². The Hall–Kier alpha value is -0.280. The average molecular weight is 305 g/mol. The highest BCUT2D eigenvalue weighted by Gasteiger charge is 2.43. The first-order valence-electron chi connectivity index (χ1n) is 7.68. The van der Waals surface area contributed by atoms with Crippen LogP contribution in [0.5, 0.6) is 0 Å². The molecule has 1 rings (SSSR count). The molecule has 0 heterocycles. The minimum Gasteiger partial charge on any atom is -0.345 e. The largest absolute Gasteiger partial charge is 0.345 e. The highest BCUT2D eigenvalue weighted by Crippen LogP contribution is 2.44. The van der Waals surface area contributed by atoms with Gasteiger partial charge in [0.15, 0.2) is 0 Å². The van der Waals surface area contributed by atoms with Crippen molar-refractivity contribution in [3.63, 3.8) is 0 Å². The Morgan fingerprint density at radius 3 is 2.20 bits per heavy atom. The van der Waals surface area contributed by atoms with Crippen molar-refractivity contribution in [1.82, 2.24) is 4.90 Å². The zero-order valence-corrected chi connectivity index (χ0v) is 14.7. The molecular formula is C16H33ClN2O. The molecule has 0 aromatic rings. The quantitative estimate of drug-likeness (QED) is 0.817. The van der Waals surface area contributed by atoms with E-state index in [0.29, 0.717) is 18.4 Å². The molecule has 1 saturated carbocycles. The standard InChI is InChI=1S/C16H32N2O.ClH/c1-13(2)10-16(8-6-7-9-16)14(19)18(5)12-15(3,4)11-17;/h13H,6-12,17H2,1-5H3;1H. The summed E-state index contributed by atoms with van der Waals surface area (Å²) in [5, 5.41) is 0. The summed E-state index contributed by atoms with van der Waals surface area (Å²) in [6, 6.07) is 0. The third-order valence-corrected chi connectivity index (χ3v) is 4.38. The van der Waals surface area contributed by atoms with Gasteiger partial charge in [-0.05, 0) is 37.1 Å². The number of carbonyl (C=O) groups excluding carboxylic acids is 1. The van der Waals surface area contributed by atoms with E-state index in [1.807, 2.05) is 11.9 Å². The summed E-state index contributed by atoms with van der Waals surface area (Å²) in [5.41, 5.74) is 5.70. The van der Waals surface area contributed by atoms with Crippen molar-refractivity contribution in [3.8, 4) is 0 Å². The van der Waals surface area contributed by atoms with E-state index in [9.17, 15) is 4.79 Å². The third kappa shape index (κ3) is 4.92.